The minimum absolute atomic E-state index is 0.238. The first-order valence-corrected chi connectivity index (χ1v) is 43.2. The van der Waals surface area contributed by atoms with Crippen molar-refractivity contribution in [2.24, 2.45) is 0 Å². The van der Waals surface area contributed by atoms with Gasteiger partial charge in [0.25, 0.3) is 0 Å². The van der Waals surface area contributed by atoms with Gasteiger partial charge in [-0.3, -0.25) is 4.79 Å². The number of rotatable bonds is 69. The van der Waals surface area contributed by atoms with Crippen molar-refractivity contribution >= 4 is 5.91 Å². The number of carbonyl (C=O) groups is 1. The predicted molar refractivity (Wildman–Crippen MR) is 425 cm³/mol. The zero-order chi connectivity index (χ0) is 76.7. The van der Waals surface area contributed by atoms with Crippen LogP contribution in [0.25, 0.3) is 0 Å². The number of amides is 1. The monoisotopic (exact) mass is 1500 g/mol. The van der Waals surface area contributed by atoms with Crippen molar-refractivity contribution in [3.63, 3.8) is 0 Å². The Bertz CT molecular complexity index is 2190. The van der Waals surface area contributed by atoms with Crippen molar-refractivity contribution in [2.45, 2.75) is 446 Å². The molecule has 12 N–H and O–H groups in total. The second-order valence-corrected chi connectivity index (χ2v) is 30.6. The molecule has 3 rings (SSSR count). The fourth-order valence-electron chi connectivity index (χ4n) is 14.4. The van der Waals surface area contributed by atoms with Crippen LogP contribution < -0.4 is 5.32 Å². The molecule has 3 aliphatic heterocycles. The molecule has 0 aromatic heterocycles. The van der Waals surface area contributed by atoms with Gasteiger partial charge >= 0.3 is 0 Å². The molecule has 106 heavy (non-hydrogen) atoms. The van der Waals surface area contributed by atoms with Crippen LogP contribution in [0.15, 0.2) is 72.9 Å². The summed E-state index contributed by atoms with van der Waals surface area (Å²) in [7, 11) is 0. The van der Waals surface area contributed by atoms with Crippen LogP contribution in [0.1, 0.15) is 341 Å². The van der Waals surface area contributed by atoms with E-state index in [1.54, 1.807) is 0 Å². The molecule has 3 saturated heterocycles. The van der Waals surface area contributed by atoms with Gasteiger partial charge in [0.1, 0.15) is 73.2 Å². The van der Waals surface area contributed by atoms with E-state index in [-0.39, 0.29) is 18.9 Å². The summed E-state index contributed by atoms with van der Waals surface area (Å²) in [6.45, 7) is 1.74. The maximum atomic E-state index is 13.5. The summed E-state index contributed by atoms with van der Waals surface area (Å²) >= 11 is 0. The fraction of sp³-hybridized carbons (Fsp3) is 0.851. The molecular formula is C87H157NO18. The lowest BCUT2D eigenvalue weighted by Gasteiger charge is -2.48. The Labute approximate surface area is 642 Å². The highest BCUT2D eigenvalue weighted by molar-refractivity contribution is 5.76. The predicted octanol–water partition coefficient (Wildman–Crippen LogP) is 15.6. The van der Waals surface area contributed by atoms with Crippen LogP contribution in [0.4, 0.5) is 0 Å². The highest BCUT2D eigenvalue weighted by Crippen LogP contribution is 2.33. The summed E-state index contributed by atoms with van der Waals surface area (Å²) in [5.74, 6) is -0.238. The summed E-state index contributed by atoms with van der Waals surface area (Å²) < 4.78 is 34.6. The summed E-state index contributed by atoms with van der Waals surface area (Å²) in [5.41, 5.74) is 0. The first kappa shape index (κ1) is 97.4. The van der Waals surface area contributed by atoms with Gasteiger partial charge in [-0.15, -0.1) is 0 Å². The van der Waals surface area contributed by atoms with Gasteiger partial charge in [-0.25, -0.2) is 0 Å². The fourth-order valence-corrected chi connectivity index (χ4v) is 14.4. The Hall–Kier alpha value is -2.77. The molecule has 3 fully saturated rings. The zero-order valence-electron chi connectivity index (χ0n) is 66.4. The van der Waals surface area contributed by atoms with Crippen molar-refractivity contribution in [2.75, 3.05) is 26.4 Å². The van der Waals surface area contributed by atoms with E-state index in [1.165, 1.54) is 225 Å². The molecule has 618 valence electrons. The smallest absolute Gasteiger partial charge is 0.220 e. The molecule has 17 atom stereocenters. The Morgan fingerprint density at radius 3 is 1.02 bits per heavy atom. The van der Waals surface area contributed by atoms with Gasteiger partial charge in [-0.1, -0.05) is 344 Å². The van der Waals surface area contributed by atoms with Crippen LogP contribution >= 0.6 is 0 Å². The van der Waals surface area contributed by atoms with Gasteiger partial charge in [0, 0.05) is 6.42 Å². The van der Waals surface area contributed by atoms with Crippen molar-refractivity contribution in [1.82, 2.24) is 5.32 Å². The Balaban J connectivity index is 1.32. The molecule has 0 spiro atoms. The van der Waals surface area contributed by atoms with E-state index < -0.39 is 124 Å². The number of hydrogen-bond acceptors (Lipinski definition) is 18. The van der Waals surface area contributed by atoms with Crippen LogP contribution in [0, 0.1) is 0 Å². The molecule has 17 unspecified atom stereocenters. The number of aliphatic hydroxyl groups excluding tert-OH is 11. The zero-order valence-corrected chi connectivity index (χ0v) is 66.4. The summed E-state index contributed by atoms with van der Waals surface area (Å²) in [6, 6.07) is -0.890. The molecule has 3 aliphatic rings. The van der Waals surface area contributed by atoms with Gasteiger partial charge in [0.2, 0.25) is 5.91 Å². The van der Waals surface area contributed by atoms with E-state index in [4.69, 9.17) is 28.4 Å². The van der Waals surface area contributed by atoms with E-state index in [9.17, 15) is 61.0 Å². The molecular weight excluding hydrogens is 1350 g/mol. The average Bonchev–Trinajstić information content (AvgIpc) is 0.780. The van der Waals surface area contributed by atoms with Gasteiger partial charge in [-0.05, 0) is 64.2 Å². The van der Waals surface area contributed by atoms with Crippen LogP contribution in [0.5, 0.6) is 0 Å². The lowest BCUT2D eigenvalue weighted by atomic mass is 9.96. The van der Waals surface area contributed by atoms with Crippen LogP contribution in [-0.2, 0) is 33.2 Å². The highest BCUT2D eigenvalue weighted by atomic mass is 16.8. The molecule has 19 nitrogen and oxygen atoms in total. The molecule has 19 heteroatoms. The summed E-state index contributed by atoms with van der Waals surface area (Å²) in [6.07, 6.45) is 61.4. The Morgan fingerprint density at radius 2 is 0.651 bits per heavy atom. The molecule has 3 heterocycles. The molecule has 0 aromatic rings. The van der Waals surface area contributed by atoms with Crippen LogP contribution in [0.3, 0.4) is 0 Å². The number of nitrogens with one attached hydrogen (secondary N) is 1. The van der Waals surface area contributed by atoms with E-state index in [0.29, 0.717) is 12.8 Å². The van der Waals surface area contributed by atoms with Crippen molar-refractivity contribution < 1.29 is 89.4 Å². The van der Waals surface area contributed by atoms with E-state index in [2.05, 4.69) is 92.1 Å². The van der Waals surface area contributed by atoms with Gasteiger partial charge in [0.05, 0.1) is 38.6 Å². The third-order valence-electron chi connectivity index (χ3n) is 21.3. The molecule has 0 aliphatic carbocycles. The average molecular weight is 1510 g/mol. The van der Waals surface area contributed by atoms with E-state index in [0.717, 1.165) is 83.5 Å². The SMILES string of the molecule is CC/C=C\C/C=C\C/C=C\C/C=C\C/C=C\C/C=C\CCCCCCCCCCCCCCCCCCCCC(=O)NC(COC1OC(CO)C(OC2OC(CO)C(OC3OC(CO)C(O)C(O)C3O)C(O)C2O)C(O)C1O)C(O)CCCCCCCCCCCCCCCCCCCCCCCCCC. The van der Waals surface area contributed by atoms with E-state index in [1.807, 2.05) is 0 Å². The lowest BCUT2D eigenvalue weighted by molar-refractivity contribution is -0.379. The molecule has 0 aromatic carbocycles. The normalized spacial score (nSPS) is 26.0. The van der Waals surface area contributed by atoms with Gasteiger partial charge in [-0.2, -0.15) is 0 Å². The van der Waals surface area contributed by atoms with Crippen molar-refractivity contribution in [3.8, 4) is 0 Å². The maximum absolute atomic E-state index is 13.5. The second kappa shape index (κ2) is 66.8. The standard InChI is InChI=1S/C87H157NO18/c1-3-5-7-9-11-13-15-17-19-21-23-25-27-29-30-31-32-33-34-35-36-37-38-39-40-41-43-45-47-49-51-53-55-57-59-61-63-65-75(93)88-70(71(92)64-62-60-58-56-54-52-50-48-46-44-42-28-26-24-22-20-18-16-14-12-10-8-6-4-2)69-101-85-81(99)78(96)83(73(67-90)103-85)106-87-82(100)79(97)84(74(68-91)104-87)105-86-80(98)77(95)76(94)72(66-89)102-86/h5,7,11,13,17,19,23,25,29-30,32-33,70-74,76-87,89-92,94-100H,3-4,6,8-10,12,14-16,18,20-22,24,26-28,31,34-69H2,1-2H3,(H,88,93)/b7-5-,13-11-,19-17-,25-23-,30-29-,33-32-. The topological polar surface area (TPSA) is 307 Å². The van der Waals surface area contributed by atoms with Gasteiger partial charge in [0.15, 0.2) is 18.9 Å². The minimum Gasteiger partial charge on any atom is -0.394 e. The first-order valence-electron chi connectivity index (χ1n) is 43.2. The quantitative estimate of drug-likeness (QED) is 0.0199. The first-order chi connectivity index (χ1) is 51.8. The summed E-state index contributed by atoms with van der Waals surface area (Å²) in [4.78, 5) is 13.5. The van der Waals surface area contributed by atoms with E-state index >= 15 is 0 Å². The molecule has 0 radical (unpaired) electrons. The van der Waals surface area contributed by atoms with Crippen LogP contribution in [0.2, 0.25) is 0 Å². The number of unbranched alkanes of at least 4 members (excludes halogenated alkanes) is 41. The number of allylic oxidation sites excluding steroid dienone is 12. The third-order valence-corrected chi connectivity index (χ3v) is 21.3. The number of hydrogen-bond donors (Lipinski definition) is 12. The highest BCUT2D eigenvalue weighted by Gasteiger charge is 2.54. The minimum atomic E-state index is -1.97. The maximum Gasteiger partial charge on any atom is 0.220 e. The lowest BCUT2D eigenvalue weighted by Crippen LogP contribution is -2.66. The second-order valence-electron chi connectivity index (χ2n) is 30.6. The molecule has 0 bridgehead atoms. The number of carbonyl (C=O) groups excluding carboxylic acids is 1. The Morgan fingerprint density at radius 1 is 0.349 bits per heavy atom. The van der Waals surface area contributed by atoms with Gasteiger partial charge < -0.3 is 89.9 Å². The third kappa shape index (κ3) is 45.7. The number of aliphatic hydroxyl groups is 11. The van der Waals surface area contributed by atoms with Crippen molar-refractivity contribution in [3.05, 3.63) is 72.9 Å². The summed E-state index contributed by atoms with van der Waals surface area (Å²) in [5, 5.41) is 121. The van der Waals surface area contributed by atoms with Crippen molar-refractivity contribution in [1.29, 1.82) is 0 Å². The molecule has 1 amide bonds. The molecule has 0 saturated carbocycles. The van der Waals surface area contributed by atoms with Crippen LogP contribution in [-0.4, -0.2) is 193 Å². The Kier molecular flexibility index (Phi) is 61.4. The number of ether oxygens (including phenoxy) is 6. The largest absolute Gasteiger partial charge is 0.394 e.